The first-order chi connectivity index (χ1) is 6.83. The number of halogens is 1. The lowest BCUT2D eigenvalue weighted by Crippen LogP contribution is -2.00. The predicted molar refractivity (Wildman–Crippen MR) is 58.6 cm³/mol. The Morgan fingerprint density at radius 2 is 2.21 bits per heavy atom. The van der Waals surface area contributed by atoms with E-state index < -0.39 is 0 Å². The zero-order chi connectivity index (χ0) is 9.97. The van der Waals surface area contributed by atoms with Gasteiger partial charge in [-0.15, -0.1) is 0 Å². The van der Waals surface area contributed by atoms with Gasteiger partial charge in [0.2, 0.25) is 0 Å². The Morgan fingerprint density at radius 1 is 1.36 bits per heavy atom. The minimum absolute atomic E-state index is 0.559. The summed E-state index contributed by atoms with van der Waals surface area (Å²) in [5.74, 6) is 0. The zero-order valence-electron chi connectivity index (χ0n) is 8.03. The van der Waals surface area contributed by atoms with Gasteiger partial charge in [0, 0.05) is 18.2 Å². The number of aromatic nitrogens is 1. The maximum Gasteiger partial charge on any atom is 0.122 e. The number of benzene rings is 1. The Morgan fingerprint density at radius 3 is 3.00 bits per heavy atom. The highest BCUT2D eigenvalue weighted by Gasteiger charge is 2.03. The van der Waals surface area contributed by atoms with Crippen LogP contribution in [0, 0.1) is 0 Å². The highest BCUT2D eigenvalue weighted by molar-refractivity contribution is 6.35. The van der Waals surface area contributed by atoms with Crippen molar-refractivity contribution in [1.82, 2.24) is 4.57 Å². The highest BCUT2D eigenvalue weighted by atomic mass is 35.5. The molecule has 74 valence electrons. The third kappa shape index (κ3) is 1.63. The molecule has 0 fully saturated rings. The Bertz CT molecular complexity index is 436. The van der Waals surface area contributed by atoms with E-state index in [4.69, 9.17) is 16.3 Å². The molecule has 2 aromatic rings. The average molecular weight is 210 g/mol. The fraction of sp³-hybridized carbons (Fsp3) is 0.273. The minimum atomic E-state index is 0.559. The van der Waals surface area contributed by atoms with Crippen molar-refractivity contribution in [2.24, 2.45) is 0 Å². The van der Waals surface area contributed by atoms with Crippen molar-refractivity contribution in [3.8, 4) is 0 Å². The molecule has 1 aromatic heterocycles. The second-order valence-corrected chi connectivity index (χ2v) is 3.49. The summed E-state index contributed by atoms with van der Waals surface area (Å²) in [4.78, 5) is 0. The van der Waals surface area contributed by atoms with E-state index in [0.717, 1.165) is 15.9 Å². The first-order valence-corrected chi connectivity index (χ1v) is 5.02. The molecule has 0 radical (unpaired) electrons. The van der Waals surface area contributed by atoms with E-state index in [1.165, 1.54) is 0 Å². The van der Waals surface area contributed by atoms with Gasteiger partial charge in [-0.1, -0.05) is 23.7 Å². The van der Waals surface area contributed by atoms with Crippen LogP contribution in [0.1, 0.15) is 6.92 Å². The van der Waals surface area contributed by atoms with Gasteiger partial charge >= 0.3 is 0 Å². The summed E-state index contributed by atoms with van der Waals surface area (Å²) in [7, 11) is 0. The summed E-state index contributed by atoms with van der Waals surface area (Å²) in [6.45, 7) is 3.25. The maximum absolute atomic E-state index is 6.11. The molecule has 0 saturated carbocycles. The summed E-state index contributed by atoms with van der Waals surface area (Å²) in [5.41, 5.74) is 1.04. The molecule has 0 spiro atoms. The van der Waals surface area contributed by atoms with Crippen LogP contribution in [0.5, 0.6) is 0 Å². The summed E-state index contributed by atoms with van der Waals surface area (Å²) in [6, 6.07) is 7.94. The Balaban J connectivity index is 2.45. The van der Waals surface area contributed by atoms with Crippen LogP contribution in [0.25, 0.3) is 10.9 Å². The van der Waals surface area contributed by atoms with Crippen LogP contribution in [0.4, 0.5) is 0 Å². The third-order valence-electron chi connectivity index (χ3n) is 2.17. The monoisotopic (exact) mass is 209 g/mol. The lowest BCUT2D eigenvalue weighted by atomic mass is 10.2. The molecule has 0 N–H and O–H groups in total. The molecule has 0 unspecified atom stereocenters. The molecule has 2 nitrogen and oxygen atoms in total. The Hall–Kier alpha value is -0.990. The molecule has 1 heterocycles. The van der Waals surface area contributed by atoms with Crippen LogP contribution in [-0.4, -0.2) is 11.2 Å². The van der Waals surface area contributed by atoms with E-state index in [0.29, 0.717) is 13.3 Å². The largest absolute Gasteiger partial charge is 0.361 e. The highest BCUT2D eigenvalue weighted by Crippen LogP contribution is 2.24. The fourth-order valence-corrected chi connectivity index (χ4v) is 1.80. The summed E-state index contributed by atoms with van der Waals surface area (Å²) in [5, 5.41) is 1.92. The van der Waals surface area contributed by atoms with Crippen LogP contribution >= 0.6 is 11.6 Å². The lowest BCUT2D eigenvalue weighted by Gasteiger charge is -2.05. The molecule has 0 saturated heterocycles. The first kappa shape index (κ1) is 9.56. The van der Waals surface area contributed by atoms with Crippen LogP contribution in [0.2, 0.25) is 5.02 Å². The van der Waals surface area contributed by atoms with Crippen molar-refractivity contribution in [3.05, 3.63) is 35.5 Å². The lowest BCUT2D eigenvalue weighted by molar-refractivity contribution is 0.0909. The molecular weight excluding hydrogens is 198 g/mol. The topological polar surface area (TPSA) is 14.2 Å². The van der Waals surface area contributed by atoms with Crippen molar-refractivity contribution < 1.29 is 4.74 Å². The van der Waals surface area contributed by atoms with Gasteiger partial charge in [-0.25, -0.2) is 0 Å². The Kier molecular flexibility index (Phi) is 2.75. The van der Waals surface area contributed by atoms with Crippen LogP contribution in [0.15, 0.2) is 30.5 Å². The summed E-state index contributed by atoms with van der Waals surface area (Å²) in [6.07, 6.45) is 1.99. The van der Waals surface area contributed by atoms with Crippen molar-refractivity contribution in [1.29, 1.82) is 0 Å². The predicted octanol–water partition coefficient (Wildman–Crippen LogP) is 3.29. The zero-order valence-corrected chi connectivity index (χ0v) is 8.79. The van der Waals surface area contributed by atoms with E-state index in [2.05, 4.69) is 0 Å². The SMILES string of the molecule is CCOCn1ccc2cccc(Cl)c21. The molecule has 0 bridgehead atoms. The van der Waals surface area contributed by atoms with Crippen molar-refractivity contribution in [3.63, 3.8) is 0 Å². The number of ether oxygens (including phenoxy) is 1. The molecule has 0 aliphatic heterocycles. The molecule has 0 amide bonds. The minimum Gasteiger partial charge on any atom is -0.361 e. The van der Waals surface area contributed by atoms with E-state index in [1.807, 2.05) is 42.0 Å². The standard InChI is InChI=1S/C11H12ClNO/c1-2-14-8-13-7-6-9-4-3-5-10(12)11(9)13/h3-7H,2,8H2,1H3. The van der Waals surface area contributed by atoms with Crippen molar-refractivity contribution >= 4 is 22.5 Å². The number of hydrogen-bond donors (Lipinski definition) is 0. The number of nitrogens with zero attached hydrogens (tertiary/aromatic N) is 1. The van der Waals surface area contributed by atoms with Gasteiger partial charge < -0.3 is 9.30 Å². The number of fused-ring (bicyclic) bond motifs is 1. The number of hydrogen-bond acceptors (Lipinski definition) is 1. The molecule has 2 rings (SSSR count). The van der Waals surface area contributed by atoms with Crippen LogP contribution in [-0.2, 0) is 11.5 Å². The molecular formula is C11H12ClNO. The van der Waals surface area contributed by atoms with E-state index in [9.17, 15) is 0 Å². The second kappa shape index (κ2) is 4.03. The fourth-order valence-electron chi connectivity index (χ4n) is 1.51. The molecule has 1 aromatic carbocycles. The van der Waals surface area contributed by atoms with E-state index in [1.54, 1.807) is 0 Å². The molecule has 0 atom stereocenters. The quantitative estimate of drug-likeness (QED) is 0.757. The van der Waals surface area contributed by atoms with E-state index >= 15 is 0 Å². The van der Waals surface area contributed by atoms with Crippen LogP contribution < -0.4 is 0 Å². The first-order valence-electron chi connectivity index (χ1n) is 4.64. The second-order valence-electron chi connectivity index (χ2n) is 3.09. The van der Waals surface area contributed by atoms with Gasteiger partial charge in [0.05, 0.1) is 10.5 Å². The molecule has 14 heavy (non-hydrogen) atoms. The van der Waals surface area contributed by atoms with Gasteiger partial charge in [-0.3, -0.25) is 0 Å². The Labute approximate surface area is 88.0 Å². The van der Waals surface area contributed by atoms with Gasteiger partial charge in [0.1, 0.15) is 6.73 Å². The molecule has 0 aliphatic carbocycles. The summed E-state index contributed by atoms with van der Waals surface area (Å²) >= 11 is 6.11. The van der Waals surface area contributed by atoms with Gasteiger partial charge in [-0.2, -0.15) is 0 Å². The van der Waals surface area contributed by atoms with E-state index in [-0.39, 0.29) is 0 Å². The maximum atomic E-state index is 6.11. The van der Waals surface area contributed by atoms with Crippen LogP contribution in [0.3, 0.4) is 0 Å². The van der Waals surface area contributed by atoms with Crippen molar-refractivity contribution in [2.45, 2.75) is 13.7 Å². The van der Waals surface area contributed by atoms with Gasteiger partial charge in [-0.05, 0) is 19.1 Å². The smallest absolute Gasteiger partial charge is 0.122 e. The van der Waals surface area contributed by atoms with Crippen molar-refractivity contribution in [2.75, 3.05) is 6.61 Å². The molecule has 3 heteroatoms. The van der Waals surface area contributed by atoms with Gasteiger partial charge in [0.25, 0.3) is 0 Å². The summed E-state index contributed by atoms with van der Waals surface area (Å²) < 4.78 is 7.36. The number of rotatable bonds is 3. The van der Waals surface area contributed by atoms with Gasteiger partial charge in [0.15, 0.2) is 0 Å². The third-order valence-corrected chi connectivity index (χ3v) is 2.48. The molecule has 0 aliphatic rings. The average Bonchev–Trinajstić information content (AvgIpc) is 2.59. The number of para-hydroxylation sites is 1. The normalized spacial score (nSPS) is 11.0.